The van der Waals surface area contributed by atoms with E-state index in [1.807, 2.05) is 0 Å². The lowest BCUT2D eigenvalue weighted by Crippen LogP contribution is -2.39. The molecule has 0 atom stereocenters. The van der Waals surface area contributed by atoms with Crippen LogP contribution in [0.25, 0.3) is 0 Å². The van der Waals surface area contributed by atoms with Crippen molar-refractivity contribution in [2.24, 2.45) is 0 Å². The fourth-order valence-corrected chi connectivity index (χ4v) is 1.71. The molecule has 0 spiro atoms. The second kappa shape index (κ2) is 3.63. The van der Waals surface area contributed by atoms with Crippen molar-refractivity contribution >= 4 is 12.3 Å². The summed E-state index contributed by atoms with van der Waals surface area (Å²) < 4.78 is 10.6. The molecule has 1 aliphatic heterocycles. The van der Waals surface area contributed by atoms with Gasteiger partial charge in [0.25, 0.3) is 0 Å². The minimum absolute atomic E-state index is 0.183. The number of hydrogen-bond acceptors (Lipinski definition) is 4. The number of cyclic esters (lactones) is 1. The molecule has 0 N–H and O–H groups in total. The zero-order valence-corrected chi connectivity index (χ0v) is 9.15. The van der Waals surface area contributed by atoms with E-state index in [9.17, 15) is 9.59 Å². The van der Waals surface area contributed by atoms with Gasteiger partial charge < -0.3 is 14.3 Å². The van der Waals surface area contributed by atoms with Gasteiger partial charge in [0.15, 0.2) is 0 Å². The molecule has 0 fully saturated rings. The molecule has 0 unspecified atom stereocenters. The van der Waals surface area contributed by atoms with Gasteiger partial charge in [-0.3, -0.25) is 0 Å². The number of fused-ring (bicyclic) bond motifs is 1. The number of carbonyl (C=O) groups is 2. The Balaban J connectivity index is 2.51. The van der Waals surface area contributed by atoms with Crippen molar-refractivity contribution < 1.29 is 19.1 Å². The first-order chi connectivity index (χ1) is 7.53. The Morgan fingerprint density at radius 3 is 2.75 bits per heavy atom. The van der Waals surface area contributed by atoms with E-state index >= 15 is 0 Å². The molecule has 4 heteroatoms. The first kappa shape index (κ1) is 10.7. The number of carbonyl (C=O) groups excluding carboxylic acids is 2. The zero-order valence-electron chi connectivity index (χ0n) is 9.15. The van der Waals surface area contributed by atoms with Crippen molar-refractivity contribution in [1.29, 1.82) is 0 Å². The van der Waals surface area contributed by atoms with Gasteiger partial charge in [0.05, 0.1) is 0 Å². The van der Waals surface area contributed by atoms with Crippen molar-refractivity contribution in [2.45, 2.75) is 26.1 Å². The van der Waals surface area contributed by atoms with E-state index in [1.54, 1.807) is 32.0 Å². The first-order valence-electron chi connectivity index (χ1n) is 5.01. The highest BCUT2D eigenvalue weighted by atomic mass is 16.7. The zero-order chi connectivity index (χ0) is 11.8. The van der Waals surface area contributed by atoms with Crippen molar-refractivity contribution in [3.8, 4) is 5.75 Å². The molecular weight excluding hydrogens is 208 g/mol. The lowest BCUT2D eigenvalue weighted by Gasteiger charge is -2.32. The van der Waals surface area contributed by atoms with Crippen molar-refractivity contribution in [3.05, 3.63) is 29.3 Å². The minimum atomic E-state index is -0.954. The van der Waals surface area contributed by atoms with Gasteiger partial charge in [0.2, 0.25) is 5.79 Å². The van der Waals surface area contributed by atoms with E-state index in [4.69, 9.17) is 9.47 Å². The van der Waals surface area contributed by atoms with Crippen LogP contribution < -0.4 is 4.74 Å². The molecule has 0 saturated carbocycles. The van der Waals surface area contributed by atoms with Gasteiger partial charge in [0.1, 0.15) is 17.6 Å². The number of benzene rings is 1. The lowest BCUT2D eigenvalue weighted by atomic mass is 10.0. The van der Waals surface area contributed by atoms with Crippen molar-refractivity contribution in [3.63, 3.8) is 0 Å². The third-order valence-corrected chi connectivity index (χ3v) is 2.31. The van der Waals surface area contributed by atoms with E-state index in [0.29, 0.717) is 16.9 Å². The molecule has 4 nitrogen and oxygen atoms in total. The summed E-state index contributed by atoms with van der Waals surface area (Å²) in [6.07, 6.45) is 0.935. The van der Waals surface area contributed by atoms with E-state index in [1.165, 1.54) is 0 Å². The average Bonchev–Trinajstić information content (AvgIpc) is 2.15. The maximum atomic E-state index is 11.8. The summed E-state index contributed by atoms with van der Waals surface area (Å²) in [4.78, 5) is 22.3. The maximum absolute atomic E-state index is 11.8. The van der Waals surface area contributed by atoms with Gasteiger partial charge in [-0.25, -0.2) is 4.79 Å². The summed E-state index contributed by atoms with van der Waals surface area (Å²) in [7, 11) is 0. The second-order valence-electron chi connectivity index (χ2n) is 4.05. The average molecular weight is 220 g/mol. The Morgan fingerprint density at radius 1 is 1.31 bits per heavy atom. The first-order valence-corrected chi connectivity index (χ1v) is 5.01. The number of rotatable bonds is 2. The third-order valence-electron chi connectivity index (χ3n) is 2.31. The van der Waals surface area contributed by atoms with Gasteiger partial charge in [-0.05, 0) is 11.6 Å². The van der Waals surface area contributed by atoms with Crippen molar-refractivity contribution in [2.75, 3.05) is 0 Å². The maximum Gasteiger partial charge on any atom is 0.345 e. The fourth-order valence-electron chi connectivity index (χ4n) is 1.71. The Labute approximate surface area is 93.2 Å². The van der Waals surface area contributed by atoms with Crippen LogP contribution in [0.4, 0.5) is 0 Å². The topological polar surface area (TPSA) is 52.6 Å². The van der Waals surface area contributed by atoms with Gasteiger partial charge in [-0.1, -0.05) is 12.1 Å². The van der Waals surface area contributed by atoms with Gasteiger partial charge in [0, 0.05) is 20.3 Å². The molecule has 16 heavy (non-hydrogen) atoms. The van der Waals surface area contributed by atoms with Crippen molar-refractivity contribution in [1.82, 2.24) is 0 Å². The summed E-state index contributed by atoms with van der Waals surface area (Å²) in [5, 5.41) is 0. The van der Waals surface area contributed by atoms with E-state index < -0.39 is 11.8 Å². The van der Waals surface area contributed by atoms with Gasteiger partial charge in [-0.15, -0.1) is 0 Å². The Morgan fingerprint density at radius 2 is 2.06 bits per heavy atom. The highest BCUT2D eigenvalue weighted by Crippen LogP contribution is 2.33. The lowest BCUT2D eigenvalue weighted by molar-refractivity contribution is -0.127. The standard InChI is InChI=1S/C12H12O4/c1-12(2)15-9-5-3-4-8(6-7-13)10(9)11(14)16-12/h3-5,7H,6H2,1-2H3. The fraction of sp³-hybridized carbons (Fsp3) is 0.333. The summed E-state index contributed by atoms with van der Waals surface area (Å²) in [6.45, 7) is 3.33. The van der Waals surface area contributed by atoms with E-state index in [0.717, 1.165) is 6.29 Å². The monoisotopic (exact) mass is 220 g/mol. The number of aldehydes is 1. The normalized spacial score (nSPS) is 17.0. The summed E-state index contributed by atoms with van der Waals surface area (Å²) in [5.41, 5.74) is 0.988. The summed E-state index contributed by atoms with van der Waals surface area (Å²) in [5.74, 6) is -0.923. The van der Waals surface area contributed by atoms with Crippen LogP contribution in [0, 0.1) is 0 Å². The van der Waals surface area contributed by atoms with Crippen LogP contribution >= 0.6 is 0 Å². The molecule has 0 aliphatic carbocycles. The molecule has 1 heterocycles. The van der Waals surface area contributed by atoms with E-state index in [2.05, 4.69) is 0 Å². The Bertz CT molecular complexity index is 448. The predicted octanol–water partition coefficient (Wildman–Crippen LogP) is 1.71. The van der Waals surface area contributed by atoms with Crippen LogP contribution in [0.5, 0.6) is 5.75 Å². The van der Waals surface area contributed by atoms with E-state index in [-0.39, 0.29) is 6.42 Å². The Kier molecular flexibility index (Phi) is 2.42. The van der Waals surface area contributed by atoms with Gasteiger partial charge in [-0.2, -0.15) is 0 Å². The summed E-state index contributed by atoms with van der Waals surface area (Å²) in [6, 6.07) is 5.17. The molecule has 0 saturated heterocycles. The summed E-state index contributed by atoms with van der Waals surface area (Å²) >= 11 is 0. The molecule has 0 amide bonds. The molecular formula is C12H12O4. The molecule has 0 radical (unpaired) electrons. The number of esters is 1. The van der Waals surface area contributed by atoms with Gasteiger partial charge >= 0.3 is 5.97 Å². The van der Waals surface area contributed by atoms with Crippen LogP contribution in [-0.4, -0.2) is 18.0 Å². The molecule has 1 aromatic carbocycles. The largest absolute Gasteiger partial charge is 0.452 e. The molecule has 84 valence electrons. The minimum Gasteiger partial charge on any atom is -0.452 e. The SMILES string of the molecule is CC1(C)OC(=O)c2c(CC=O)cccc2O1. The number of hydrogen-bond donors (Lipinski definition) is 0. The highest BCUT2D eigenvalue weighted by Gasteiger charge is 2.35. The molecule has 2 rings (SSSR count). The molecule has 1 aromatic rings. The van der Waals surface area contributed by atoms with Crippen LogP contribution in [0.2, 0.25) is 0 Å². The Hall–Kier alpha value is -1.84. The van der Waals surface area contributed by atoms with Crippen LogP contribution in [0.15, 0.2) is 18.2 Å². The number of ether oxygens (including phenoxy) is 2. The van der Waals surface area contributed by atoms with Crippen LogP contribution in [0.1, 0.15) is 29.8 Å². The highest BCUT2D eigenvalue weighted by molar-refractivity contribution is 5.95. The molecule has 1 aliphatic rings. The third kappa shape index (κ3) is 1.78. The molecule has 0 bridgehead atoms. The van der Waals surface area contributed by atoms with Crippen LogP contribution in [-0.2, 0) is 16.0 Å². The van der Waals surface area contributed by atoms with Crippen LogP contribution in [0.3, 0.4) is 0 Å². The predicted molar refractivity (Wildman–Crippen MR) is 56.3 cm³/mol. The quantitative estimate of drug-likeness (QED) is 0.562. The molecule has 0 aromatic heterocycles. The second-order valence-corrected chi connectivity index (χ2v) is 4.05. The smallest absolute Gasteiger partial charge is 0.345 e.